The fourth-order valence-electron chi connectivity index (χ4n) is 1.53. The number of esters is 1. The van der Waals surface area contributed by atoms with Gasteiger partial charge < -0.3 is 9.53 Å². The van der Waals surface area contributed by atoms with Crippen molar-refractivity contribution in [3.05, 3.63) is 35.9 Å². The molecular weight excluding hydrogens is 204 g/mol. The van der Waals surface area contributed by atoms with Crippen LogP contribution in [0.25, 0.3) is 0 Å². The van der Waals surface area contributed by atoms with Crippen LogP contribution < -0.4 is 0 Å². The summed E-state index contributed by atoms with van der Waals surface area (Å²) < 4.78 is 4.82. The highest BCUT2D eigenvalue weighted by Crippen LogP contribution is 2.18. The first-order valence-electron chi connectivity index (χ1n) is 5.37. The zero-order valence-electron chi connectivity index (χ0n) is 9.39. The van der Waals surface area contributed by atoms with Crippen LogP contribution in [0, 0.1) is 0 Å². The maximum atomic E-state index is 10.9. The smallest absolute Gasteiger partial charge is 0.302 e. The molecule has 0 heterocycles. The van der Waals surface area contributed by atoms with Crippen molar-refractivity contribution in [1.82, 2.24) is 0 Å². The summed E-state index contributed by atoms with van der Waals surface area (Å²) in [5.41, 5.74) is 1.01. The Hall–Kier alpha value is -1.64. The molecule has 1 atom stereocenters. The van der Waals surface area contributed by atoms with Gasteiger partial charge in [0.25, 0.3) is 0 Å². The Morgan fingerprint density at radius 2 is 2.06 bits per heavy atom. The van der Waals surface area contributed by atoms with Gasteiger partial charge in [0.05, 0.1) is 6.61 Å². The summed E-state index contributed by atoms with van der Waals surface area (Å²) >= 11 is 0. The quantitative estimate of drug-likeness (QED) is 0.420. The van der Waals surface area contributed by atoms with E-state index in [4.69, 9.17) is 4.74 Å². The van der Waals surface area contributed by atoms with Crippen molar-refractivity contribution in [3.63, 3.8) is 0 Å². The number of carbonyl (C=O) groups is 2. The average molecular weight is 220 g/mol. The molecular formula is C13H16O3. The normalized spacial score (nSPS) is 11.8. The number of benzene rings is 1. The number of hydrogen-bond acceptors (Lipinski definition) is 3. The Bertz CT molecular complexity index is 332. The maximum absolute atomic E-state index is 10.9. The first-order valence-corrected chi connectivity index (χ1v) is 5.37. The van der Waals surface area contributed by atoms with Crippen LogP contribution in [0.1, 0.15) is 31.2 Å². The van der Waals surface area contributed by atoms with Gasteiger partial charge in [-0.2, -0.15) is 0 Å². The monoisotopic (exact) mass is 220 g/mol. The topological polar surface area (TPSA) is 43.4 Å². The molecule has 0 spiro atoms. The minimum absolute atomic E-state index is 0.100. The Morgan fingerprint density at radius 3 is 2.62 bits per heavy atom. The summed E-state index contributed by atoms with van der Waals surface area (Å²) in [6.07, 6.45) is 2.36. The second-order valence-corrected chi connectivity index (χ2v) is 3.64. The van der Waals surface area contributed by atoms with Crippen molar-refractivity contribution in [2.75, 3.05) is 6.61 Å². The second-order valence-electron chi connectivity index (χ2n) is 3.64. The van der Waals surface area contributed by atoms with Crippen LogP contribution in [0.5, 0.6) is 0 Å². The first-order chi connectivity index (χ1) is 7.74. The van der Waals surface area contributed by atoms with E-state index in [-0.39, 0.29) is 11.9 Å². The summed E-state index contributed by atoms with van der Waals surface area (Å²) in [4.78, 5) is 21.5. The summed E-state index contributed by atoms with van der Waals surface area (Å²) in [5, 5.41) is 0. The van der Waals surface area contributed by atoms with Crippen LogP contribution >= 0.6 is 0 Å². The molecule has 86 valence electrons. The molecule has 3 heteroatoms. The zero-order chi connectivity index (χ0) is 11.8. The molecule has 1 rings (SSSR count). The zero-order valence-corrected chi connectivity index (χ0v) is 9.39. The van der Waals surface area contributed by atoms with Crippen LogP contribution in [0.2, 0.25) is 0 Å². The van der Waals surface area contributed by atoms with Crippen LogP contribution in [0.4, 0.5) is 0 Å². The van der Waals surface area contributed by atoms with Crippen molar-refractivity contribution >= 4 is 12.3 Å². The molecule has 1 aromatic carbocycles. The first kappa shape index (κ1) is 12.4. The van der Waals surface area contributed by atoms with Crippen molar-refractivity contribution in [2.24, 2.45) is 0 Å². The van der Waals surface area contributed by atoms with Crippen LogP contribution in [-0.4, -0.2) is 18.9 Å². The summed E-state index contributed by atoms with van der Waals surface area (Å²) in [5.74, 6) is -0.376. The maximum Gasteiger partial charge on any atom is 0.302 e. The molecule has 0 saturated carbocycles. The molecule has 0 radical (unpaired) electrons. The van der Waals surface area contributed by atoms with E-state index in [1.165, 1.54) is 6.92 Å². The lowest BCUT2D eigenvalue weighted by molar-refractivity contribution is -0.141. The molecule has 0 saturated heterocycles. The number of aldehydes is 1. The average Bonchev–Trinajstić information content (AvgIpc) is 2.30. The highest BCUT2D eigenvalue weighted by atomic mass is 16.5. The van der Waals surface area contributed by atoms with Gasteiger partial charge in [-0.3, -0.25) is 4.79 Å². The lowest BCUT2D eigenvalue weighted by Gasteiger charge is -2.10. The summed E-state index contributed by atoms with van der Waals surface area (Å²) in [6, 6.07) is 9.62. The fourth-order valence-corrected chi connectivity index (χ4v) is 1.53. The van der Waals surface area contributed by atoms with Crippen LogP contribution in [0.3, 0.4) is 0 Å². The largest absolute Gasteiger partial charge is 0.466 e. The lowest BCUT2D eigenvalue weighted by atomic mass is 9.96. The Morgan fingerprint density at radius 1 is 1.38 bits per heavy atom. The third-order valence-electron chi connectivity index (χ3n) is 2.36. The van der Waals surface area contributed by atoms with Gasteiger partial charge in [0, 0.05) is 12.8 Å². The molecule has 16 heavy (non-hydrogen) atoms. The van der Waals surface area contributed by atoms with Crippen LogP contribution in [0.15, 0.2) is 30.3 Å². The van der Waals surface area contributed by atoms with E-state index in [2.05, 4.69) is 0 Å². The summed E-state index contributed by atoms with van der Waals surface area (Å²) in [7, 11) is 0. The van der Waals surface area contributed by atoms with E-state index in [9.17, 15) is 9.59 Å². The second kappa shape index (κ2) is 6.77. The molecule has 0 aliphatic heterocycles. The highest BCUT2D eigenvalue weighted by molar-refractivity contribution is 5.65. The Balaban J connectivity index is 2.38. The molecule has 0 bridgehead atoms. The van der Waals surface area contributed by atoms with Gasteiger partial charge in [-0.1, -0.05) is 30.3 Å². The predicted molar refractivity (Wildman–Crippen MR) is 61.1 cm³/mol. The van der Waals surface area contributed by atoms with Gasteiger partial charge in [0.2, 0.25) is 0 Å². The van der Waals surface area contributed by atoms with Gasteiger partial charge in [-0.15, -0.1) is 0 Å². The lowest BCUT2D eigenvalue weighted by Crippen LogP contribution is -2.05. The predicted octanol–water partition coefficient (Wildman–Crippen LogP) is 2.31. The number of carbonyl (C=O) groups excluding carboxylic acids is 2. The van der Waals surface area contributed by atoms with E-state index in [0.717, 1.165) is 11.8 Å². The van der Waals surface area contributed by atoms with E-state index in [1.54, 1.807) is 0 Å². The molecule has 0 amide bonds. The van der Waals surface area contributed by atoms with E-state index < -0.39 is 0 Å². The molecule has 0 fully saturated rings. The molecule has 0 aliphatic carbocycles. The third-order valence-corrected chi connectivity index (χ3v) is 2.36. The fraction of sp³-hybridized carbons (Fsp3) is 0.385. The minimum Gasteiger partial charge on any atom is -0.466 e. The molecule has 1 unspecified atom stereocenters. The van der Waals surface area contributed by atoms with Crippen molar-refractivity contribution in [1.29, 1.82) is 0 Å². The third kappa shape index (κ3) is 4.26. The van der Waals surface area contributed by atoms with E-state index >= 15 is 0 Å². The molecule has 1 aromatic rings. The highest BCUT2D eigenvalue weighted by Gasteiger charge is 2.09. The van der Waals surface area contributed by atoms with Gasteiger partial charge in [0.15, 0.2) is 0 Å². The van der Waals surface area contributed by atoms with Crippen molar-refractivity contribution in [2.45, 2.75) is 25.7 Å². The number of rotatable bonds is 6. The SMILES string of the molecule is CC(=O)OCCCC(C=O)c1ccccc1. The van der Waals surface area contributed by atoms with Gasteiger partial charge in [0.1, 0.15) is 6.29 Å². The van der Waals surface area contributed by atoms with Crippen molar-refractivity contribution in [3.8, 4) is 0 Å². The number of hydrogen-bond donors (Lipinski definition) is 0. The summed E-state index contributed by atoms with van der Waals surface area (Å²) in [6.45, 7) is 1.76. The van der Waals surface area contributed by atoms with Gasteiger partial charge >= 0.3 is 5.97 Å². The van der Waals surface area contributed by atoms with Crippen LogP contribution in [-0.2, 0) is 14.3 Å². The van der Waals surface area contributed by atoms with E-state index in [1.807, 2.05) is 30.3 Å². The minimum atomic E-state index is -0.276. The van der Waals surface area contributed by atoms with Gasteiger partial charge in [-0.25, -0.2) is 0 Å². The standard InChI is InChI=1S/C13H16O3/c1-11(15)16-9-5-8-13(10-14)12-6-3-2-4-7-12/h2-4,6-7,10,13H,5,8-9H2,1H3. The van der Waals surface area contributed by atoms with Crippen molar-refractivity contribution < 1.29 is 14.3 Å². The molecule has 0 aliphatic rings. The Labute approximate surface area is 95.4 Å². The molecule has 3 nitrogen and oxygen atoms in total. The number of ether oxygens (including phenoxy) is 1. The molecule has 0 N–H and O–H groups in total. The van der Waals surface area contributed by atoms with Gasteiger partial charge in [-0.05, 0) is 18.4 Å². The Kier molecular flexibility index (Phi) is 5.26. The molecule has 0 aromatic heterocycles. The van der Waals surface area contributed by atoms with E-state index in [0.29, 0.717) is 19.4 Å².